The predicted octanol–water partition coefficient (Wildman–Crippen LogP) is 6.97. The smallest absolute Gasteiger partial charge is 0.144 e. The number of hydrogen-bond donors (Lipinski definition) is 0. The van der Waals surface area contributed by atoms with E-state index in [4.69, 9.17) is 4.42 Å². The number of hydrogen-bond acceptors (Lipinski definition) is 2. The predicted molar refractivity (Wildman–Crippen MR) is 116 cm³/mol. The number of nitrogens with zero attached hydrogens (tertiary/aromatic N) is 1. The van der Waals surface area contributed by atoms with E-state index in [-0.39, 0.29) is 5.41 Å². The van der Waals surface area contributed by atoms with Gasteiger partial charge in [0.15, 0.2) is 0 Å². The van der Waals surface area contributed by atoms with Gasteiger partial charge in [-0.3, -0.25) is 4.98 Å². The molecule has 0 aliphatic rings. The standard InChI is InChI=1S/C26H21NO/c1-26(2,18-10-4-3-5-11-18)22-15-9-13-20-19-12-8-14-21(24(19)28-25(20)22)23-16-6-7-17-27-23/h3-17H,1-2H3. The van der Waals surface area contributed by atoms with Gasteiger partial charge >= 0.3 is 0 Å². The van der Waals surface area contributed by atoms with E-state index in [0.29, 0.717) is 0 Å². The lowest BCUT2D eigenvalue weighted by Gasteiger charge is -2.26. The van der Waals surface area contributed by atoms with Crippen molar-refractivity contribution in [2.75, 3.05) is 0 Å². The van der Waals surface area contributed by atoms with Crippen LogP contribution in [0.3, 0.4) is 0 Å². The third kappa shape index (κ3) is 2.53. The topological polar surface area (TPSA) is 26.0 Å². The number of para-hydroxylation sites is 2. The highest BCUT2D eigenvalue weighted by Gasteiger charge is 2.27. The van der Waals surface area contributed by atoms with E-state index in [1.165, 1.54) is 11.1 Å². The van der Waals surface area contributed by atoms with Crippen LogP contribution >= 0.6 is 0 Å². The minimum Gasteiger partial charge on any atom is -0.455 e. The van der Waals surface area contributed by atoms with E-state index in [1.807, 2.05) is 24.4 Å². The molecule has 0 atom stereocenters. The van der Waals surface area contributed by atoms with Gasteiger partial charge < -0.3 is 4.42 Å². The minimum atomic E-state index is -0.167. The van der Waals surface area contributed by atoms with E-state index in [2.05, 4.69) is 85.6 Å². The monoisotopic (exact) mass is 363 g/mol. The zero-order valence-corrected chi connectivity index (χ0v) is 16.0. The Morgan fingerprint density at radius 1 is 0.679 bits per heavy atom. The molecule has 5 aromatic rings. The van der Waals surface area contributed by atoms with Gasteiger partial charge in [0.2, 0.25) is 0 Å². The zero-order valence-electron chi connectivity index (χ0n) is 16.0. The maximum Gasteiger partial charge on any atom is 0.144 e. The highest BCUT2D eigenvalue weighted by atomic mass is 16.3. The summed E-state index contributed by atoms with van der Waals surface area (Å²) in [6, 6.07) is 29.3. The Hall–Kier alpha value is -3.39. The fraction of sp³-hybridized carbons (Fsp3) is 0.115. The third-order valence-corrected chi connectivity index (χ3v) is 5.63. The van der Waals surface area contributed by atoms with Crippen molar-refractivity contribution in [3.8, 4) is 11.3 Å². The second-order valence-corrected chi connectivity index (χ2v) is 7.67. The summed E-state index contributed by atoms with van der Waals surface area (Å²) in [7, 11) is 0. The first-order valence-electron chi connectivity index (χ1n) is 9.58. The molecular formula is C26H21NO. The first-order chi connectivity index (χ1) is 13.7. The molecule has 5 rings (SSSR count). The average molecular weight is 363 g/mol. The normalized spacial score (nSPS) is 11.9. The molecule has 2 aromatic heterocycles. The fourth-order valence-electron chi connectivity index (χ4n) is 4.05. The van der Waals surface area contributed by atoms with Crippen molar-refractivity contribution in [2.45, 2.75) is 19.3 Å². The molecule has 2 nitrogen and oxygen atoms in total. The summed E-state index contributed by atoms with van der Waals surface area (Å²) in [5, 5.41) is 2.28. The molecule has 0 aliphatic carbocycles. The van der Waals surface area contributed by atoms with Crippen LogP contribution in [0.15, 0.2) is 95.5 Å². The summed E-state index contributed by atoms with van der Waals surface area (Å²) in [4.78, 5) is 4.53. The van der Waals surface area contributed by atoms with Crippen LogP contribution in [-0.2, 0) is 5.41 Å². The number of fused-ring (bicyclic) bond motifs is 3. The van der Waals surface area contributed by atoms with E-state index in [1.54, 1.807) is 0 Å². The van der Waals surface area contributed by atoms with Crippen LogP contribution in [0.25, 0.3) is 33.2 Å². The van der Waals surface area contributed by atoms with E-state index in [9.17, 15) is 0 Å². The Morgan fingerprint density at radius 3 is 2.14 bits per heavy atom. The number of benzene rings is 3. The molecule has 0 aliphatic heterocycles. The highest BCUT2D eigenvalue weighted by molar-refractivity contribution is 6.10. The minimum absolute atomic E-state index is 0.167. The molecule has 0 N–H and O–H groups in total. The summed E-state index contributed by atoms with van der Waals surface area (Å²) in [5.41, 5.74) is 6.10. The lowest BCUT2D eigenvalue weighted by Crippen LogP contribution is -2.18. The Kier molecular flexibility index (Phi) is 3.80. The highest BCUT2D eigenvalue weighted by Crippen LogP contribution is 2.41. The first kappa shape index (κ1) is 16.8. The van der Waals surface area contributed by atoms with Crippen molar-refractivity contribution in [1.82, 2.24) is 4.98 Å². The van der Waals surface area contributed by atoms with Crippen molar-refractivity contribution in [1.29, 1.82) is 0 Å². The van der Waals surface area contributed by atoms with Gasteiger partial charge in [0.25, 0.3) is 0 Å². The molecule has 0 spiro atoms. The van der Waals surface area contributed by atoms with Crippen LogP contribution in [0.2, 0.25) is 0 Å². The molecule has 0 saturated carbocycles. The number of furan rings is 1. The molecule has 0 saturated heterocycles. The molecule has 3 aromatic carbocycles. The maximum absolute atomic E-state index is 6.54. The molecule has 2 heterocycles. The van der Waals surface area contributed by atoms with E-state index < -0.39 is 0 Å². The Labute approximate surface area is 164 Å². The molecule has 0 amide bonds. The first-order valence-corrected chi connectivity index (χ1v) is 9.58. The average Bonchev–Trinajstić information content (AvgIpc) is 3.14. The molecule has 28 heavy (non-hydrogen) atoms. The van der Waals surface area contributed by atoms with Gasteiger partial charge in [-0.05, 0) is 23.8 Å². The van der Waals surface area contributed by atoms with Crippen LogP contribution in [-0.4, -0.2) is 4.98 Å². The maximum atomic E-state index is 6.54. The molecule has 0 unspecified atom stereocenters. The largest absolute Gasteiger partial charge is 0.455 e. The SMILES string of the molecule is CC(C)(c1ccccc1)c1cccc2c1oc1c(-c3ccccn3)cccc12. The van der Waals surface area contributed by atoms with Gasteiger partial charge in [0.1, 0.15) is 11.2 Å². The van der Waals surface area contributed by atoms with Gasteiger partial charge in [-0.1, -0.05) is 80.6 Å². The van der Waals surface area contributed by atoms with Crippen molar-refractivity contribution in [3.63, 3.8) is 0 Å². The van der Waals surface area contributed by atoms with Gasteiger partial charge in [-0.25, -0.2) is 0 Å². The van der Waals surface area contributed by atoms with E-state index >= 15 is 0 Å². The van der Waals surface area contributed by atoms with Crippen molar-refractivity contribution < 1.29 is 4.42 Å². The number of pyridine rings is 1. The van der Waals surface area contributed by atoms with Gasteiger partial charge in [-0.2, -0.15) is 0 Å². The van der Waals surface area contributed by atoms with Gasteiger partial charge in [0, 0.05) is 33.5 Å². The van der Waals surface area contributed by atoms with Crippen molar-refractivity contribution in [2.24, 2.45) is 0 Å². The Morgan fingerprint density at radius 2 is 1.39 bits per heavy atom. The number of rotatable bonds is 3. The van der Waals surface area contributed by atoms with Crippen LogP contribution in [0.5, 0.6) is 0 Å². The lowest BCUT2D eigenvalue weighted by molar-refractivity contribution is 0.608. The summed E-state index contributed by atoms with van der Waals surface area (Å²) in [5.74, 6) is 0. The Balaban J connectivity index is 1.80. The second kappa shape index (κ2) is 6.35. The summed E-state index contributed by atoms with van der Waals surface area (Å²) < 4.78 is 6.54. The zero-order chi connectivity index (χ0) is 19.1. The molecule has 2 heteroatoms. The molecular weight excluding hydrogens is 342 g/mol. The summed E-state index contributed by atoms with van der Waals surface area (Å²) >= 11 is 0. The molecule has 0 fully saturated rings. The van der Waals surface area contributed by atoms with Crippen LogP contribution in [0, 0.1) is 0 Å². The molecule has 0 bridgehead atoms. The summed E-state index contributed by atoms with van der Waals surface area (Å²) in [6.45, 7) is 4.51. The molecule has 136 valence electrons. The van der Waals surface area contributed by atoms with Crippen molar-refractivity contribution >= 4 is 21.9 Å². The quantitative estimate of drug-likeness (QED) is 0.346. The van der Waals surface area contributed by atoms with Gasteiger partial charge in [-0.15, -0.1) is 0 Å². The van der Waals surface area contributed by atoms with Crippen molar-refractivity contribution in [3.05, 3.63) is 102 Å². The third-order valence-electron chi connectivity index (χ3n) is 5.63. The molecule has 0 radical (unpaired) electrons. The van der Waals surface area contributed by atoms with Gasteiger partial charge in [0.05, 0.1) is 5.69 Å². The number of aromatic nitrogens is 1. The second-order valence-electron chi connectivity index (χ2n) is 7.67. The summed E-state index contributed by atoms with van der Waals surface area (Å²) in [6.07, 6.45) is 1.82. The fourth-order valence-corrected chi connectivity index (χ4v) is 4.05. The van der Waals surface area contributed by atoms with E-state index in [0.717, 1.165) is 33.2 Å². The Bertz CT molecular complexity index is 1270. The van der Waals surface area contributed by atoms with Crippen LogP contribution in [0.4, 0.5) is 0 Å². The van der Waals surface area contributed by atoms with Crippen LogP contribution < -0.4 is 0 Å². The van der Waals surface area contributed by atoms with Crippen LogP contribution in [0.1, 0.15) is 25.0 Å². The lowest BCUT2D eigenvalue weighted by atomic mass is 9.77.